The quantitative estimate of drug-likeness (QED) is 0.789. The Morgan fingerprint density at radius 3 is 3.00 bits per heavy atom. The molecule has 2 saturated heterocycles. The average molecular weight is 379 g/mol. The van der Waals surface area contributed by atoms with Gasteiger partial charge in [-0.25, -0.2) is 13.2 Å². The fraction of sp³-hybridized carbons (Fsp3) is 0.611. The van der Waals surface area contributed by atoms with E-state index in [1.54, 1.807) is 4.90 Å². The molecular formula is C18H25N3O4S. The number of rotatable bonds is 2. The fourth-order valence-corrected chi connectivity index (χ4v) is 6.13. The Hall–Kier alpha value is -1.80. The zero-order valence-electron chi connectivity index (χ0n) is 15.1. The predicted molar refractivity (Wildman–Crippen MR) is 98.0 cm³/mol. The van der Waals surface area contributed by atoms with E-state index in [9.17, 15) is 13.2 Å². The second-order valence-corrected chi connectivity index (χ2v) is 10.2. The van der Waals surface area contributed by atoms with Gasteiger partial charge in [0.25, 0.3) is 0 Å². The van der Waals surface area contributed by atoms with Gasteiger partial charge in [0.15, 0.2) is 9.84 Å². The lowest BCUT2D eigenvalue weighted by Gasteiger charge is -2.37. The van der Waals surface area contributed by atoms with Crippen LogP contribution in [-0.2, 0) is 22.8 Å². The van der Waals surface area contributed by atoms with Crippen molar-refractivity contribution < 1.29 is 17.9 Å². The lowest BCUT2D eigenvalue weighted by molar-refractivity contribution is 0.138. The molecule has 0 bridgehead atoms. The molecule has 8 heteroatoms. The van der Waals surface area contributed by atoms with Crippen molar-refractivity contribution in [2.45, 2.75) is 44.5 Å². The molecule has 0 unspecified atom stereocenters. The lowest BCUT2D eigenvalue weighted by Crippen LogP contribution is -2.60. The maximum absolute atomic E-state index is 12.6. The standard InChI is InChI=1S/C18H25N3O4S/c1-18(2)8-13-7-12(3-4-16(13)25-18)9-20-17(22)21-6-5-19-14-10-26(23,24)11-15(14)21/h3-4,7,14-15,19H,5-6,8-11H2,1-2H3,(H,20,22)/t14-,15+/m0/s1. The first-order valence-corrected chi connectivity index (χ1v) is 10.8. The highest BCUT2D eigenvalue weighted by atomic mass is 32.2. The highest BCUT2D eigenvalue weighted by molar-refractivity contribution is 7.91. The van der Waals surface area contributed by atoms with Crippen LogP contribution in [0.5, 0.6) is 5.75 Å². The molecule has 3 aliphatic rings. The van der Waals surface area contributed by atoms with Crippen molar-refractivity contribution in [1.82, 2.24) is 15.5 Å². The number of carbonyl (C=O) groups excluding carboxylic acids is 1. The zero-order chi connectivity index (χ0) is 18.5. The third-order valence-electron chi connectivity index (χ3n) is 5.31. The maximum atomic E-state index is 12.6. The first kappa shape index (κ1) is 17.6. The molecule has 0 aliphatic carbocycles. The molecule has 0 saturated carbocycles. The number of ether oxygens (including phenoxy) is 1. The summed E-state index contributed by atoms with van der Waals surface area (Å²) >= 11 is 0. The maximum Gasteiger partial charge on any atom is 0.318 e. The van der Waals surface area contributed by atoms with Gasteiger partial charge >= 0.3 is 6.03 Å². The summed E-state index contributed by atoms with van der Waals surface area (Å²) in [6, 6.07) is 5.36. The Morgan fingerprint density at radius 2 is 2.19 bits per heavy atom. The SMILES string of the molecule is CC1(C)Cc2cc(CNC(=O)N3CCN[C@H]4CS(=O)(=O)C[C@H]43)ccc2O1. The number of sulfone groups is 1. The van der Waals surface area contributed by atoms with Gasteiger partial charge in [-0.2, -0.15) is 0 Å². The van der Waals surface area contributed by atoms with Gasteiger partial charge in [-0.3, -0.25) is 0 Å². The van der Waals surface area contributed by atoms with Crippen molar-refractivity contribution in [1.29, 1.82) is 0 Å². The molecule has 26 heavy (non-hydrogen) atoms. The highest BCUT2D eigenvalue weighted by Gasteiger charge is 2.44. The van der Waals surface area contributed by atoms with Crippen LogP contribution in [0, 0.1) is 0 Å². The van der Waals surface area contributed by atoms with Gasteiger partial charge < -0.3 is 20.3 Å². The van der Waals surface area contributed by atoms with Gasteiger partial charge in [0.1, 0.15) is 11.4 Å². The van der Waals surface area contributed by atoms with Crippen molar-refractivity contribution in [3.63, 3.8) is 0 Å². The number of nitrogens with one attached hydrogen (secondary N) is 2. The minimum atomic E-state index is -3.08. The van der Waals surface area contributed by atoms with E-state index in [1.807, 2.05) is 12.1 Å². The molecule has 1 aromatic carbocycles. The summed E-state index contributed by atoms with van der Waals surface area (Å²) in [6.07, 6.45) is 0.851. The van der Waals surface area contributed by atoms with Gasteiger partial charge in [0.2, 0.25) is 0 Å². The number of hydrogen-bond acceptors (Lipinski definition) is 5. The Balaban J connectivity index is 1.40. The smallest absolute Gasteiger partial charge is 0.318 e. The number of fused-ring (bicyclic) bond motifs is 2. The van der Waals surface area contributed by atoms with E-state index in [2.05, 4.69) is 30.5 Å². The van der Waals surface area contributed by atoms with Gasteiger partial charge in [-0.15, -0.1) is 0 Å². The average Bonchev–Trinajstić information content (AvgIpc) is 3.04. The topological polar surface area (TPSA) is 87.7 Å². The van der Waals surface area contributed by atoms with Crippen LogP contribution < -0.4 is 15.4 Å². The van der Waals surface area contributed by atoms with Gasteiger partial charge in [0.05, 0.1) is 17.5 Å². The molecule has 0 radical (unpaired) electrons. The van der Waals surface area contributed by atoms with Gasteiger partial charge in [-0.1, -0.05) is 12.1 Å². The van der Waals surface area contributed by atoms with Crippen LogP contribution in [0.15, 0.2) is 18.2 Å². The van der Waals surface area contributed by atoms with Crippen molar-refractivity contribution in [2.75, 3.05) is 24.6 Å². The summed E-state index contributed by atoms with van der Waals surface area (Å²) in [6.45, 7) is 5.68. The molecule has 0 spiro atoms. The Kier molecular flexibility index (Phi) is 4.15. The van der Waals surface area contributed by atoms with Crippen molar-refractivity contribution in [2.24, 2.45) is 0 Å². The molecule has 0 aromatic heterocycles. The van der Waals surface area contributed by atoms with E-state index >= 15 is 0 Å². The molecule has 4 rings (SSSR count). The lowest BCUT2D eigenvalue weighted by atomic mass is 10.0. The molecule has 2 amide bonds. The fourth-order valence-electron chi connectivity index (χ4n) is 4.17. The summed E-state index contributed by atoms with van der Waals surface area (Å²) in [7, 11) is -3.08. The number of amides is 2. The zero-order valence-corrected chi connectivity index (χ0v) is 15.9. The minimum absolute atomic E-state index is 0.0450. The Bertz CT molecular complexity index is 837. The van der Waals surface area contributed by atoms with Crippen LogP contribution in [0.1, 0.15) is 25.0 Å². The first-order valence-electron chi connectivity index (χ1n) is 9.02. The Morgan fingerprint density at radius 1 is 1.38 bits per heavy atom. The van der Waals surface area contributed by atoms with Crippen molar-refractivity contribution >= 4 is 15.9 Å². The predicted octanol–water partition coefficient (Wildman–Crippen LogP) is 0.681. The molecule has 3 heterocycles. The van der Waals surface area contributed by atoms with Crippen LogP contribution in [0.2, 0.25) is 0 Å². The molecule has 2 N–H and O–H groups in total. The van der Waals surface area contributed by atoms with Crippen LogP contribution in [-0.4, -0.2) is 61.6 Å². The highest BCUT2D eigenvalue weighted by Crippen LogP contribution is 2.35. The monoisotopic (exact) mass is 379 g/mol. The number of carbonyl (C=O) groups is 1. The molecular weight excluding hydrogens is 354 g/mol. The van der Waals surface area contributed by atoms with E-state index in [1.165, 1.54) is 0 Å². The second kappa shape index (κ2) is 6.13. The van der Waals surface area contributed by atoms with Gasteiger partial charge in [0, 0.05) is 32.1 Å². The van der Waals surface area contributed by atoms with Gasteiger partial charge in [-0.05, 0) is 31.0 Å². The van der Waals surface area contributed by atoms with E-state index in [0.717, 1.165) is 23.3 Å². The summed E-state index contributed by atoms with van der Waals surface area (Å²) < 4.78 is 29.7. The number of hydrogen-bond donors (Lipinski definition) is 2. The van der Waals surface area contributed by atoms with Crippen LogP contribution in [0.3, 0.4) is 0 Å². The number of benzene rings is 1. The number of piperazine rings is 1. The molecule has 7 nitrogen and oxygen atoms in total. The summed E-state index contributed by atoms with van der Waals surface area (Å²) in [4.78, 5) is 14.3. The van der Waals surface area contributed by atoms with Crippen molar-refractivity contribution in [3.05, 3.63) is 29.3 Å². The minimum Gasteiger partial charge on any atom is -0.487 e. The van der Waals surface area contributed by atoms with Crippen LogP contribution in [0.25, 0.3) is 0 Å². The third kappa shape index (κ3) is 3.40. The van der Waals surface area contributed by atoms with E-state index in [-0.39, 0.29) is 35.2 Å². The molecule has 1 aromatic rings. The van der Waals surface area contributed by atoms with Crippen LogP contribution in [0.4, 0.5) is 4.79 Å². The molecule has 3 aliphatic heterocycles. The first-order chi connectivity index (χ1) is 12.2. The van der Waals surface area contributed by atoms with Crippen molar-refractivity contribution in [3.8, 4) is 5.75 Å². The third-order valence-corrected chi connectivity index (χ3v) is 7.03. The second-order valence-electron chi connectivity index (χ2n) is 8.04. The molecule has 142 valence electrons. The molecule has 2 atom stereocenters. The van der Waals surface area contributed by atoms with E-state index in [0.29, 0.717) is 19.6 Å². The van der Waals surface area contributed by atoms with Crippen LogP contribution >= 0.6 is 0 Å². The summed E-state index contributed by atoms with van der Waals surface area (Å²) in [5.41, 5.74) is 1.99. The summed E-state index contributed by atoms with van der Waals surface area (Å²) in [5.74, 6) is 1.07. The molecule has 2 fully saturated rings. The number of urea groups is 1. The Labute approximate surface area is 154 Å². The van der Waals surface area contributed by atoms with E-state index < -0.39 is 9.84 Å². The number of nitrogens with zero attached hydrogens (tertiary/aromatic N) is 1. The summed E-state index contributed by atoms with van der Waals surface area (Å²) in [5, 5.41) is 6.16. The van der Waals surface area contributed by atoms with E-state index in [4.69, 9.17) is 4.74 Å². The largest absolute Gasteiger partial charge is 0.487 e. The normalized spacial score (nSPS) is 28.2.